The second-order valence-electron chi connectivity index (χ2n) is 9.46. The highest BCUT2D eigenvalue weighted by molar-refractivity contribution is 6.02. The monoisotopic (exact) mass is 492 g/mol. The van der Waals surface area contributed by atoms with Crippen LogP contribution in [0.25, 0.3) is 33.7 Å². The predicted molar refractivity (Wildman–Crippen MR) is 130 cm³/mol. The first-order valence-corrected chi connectivity index (χ1v) is 12.3. The van der Waals surface area contributed by atoms with Crippen molar-refractivity contribution >= 4 is 28.2 Å². The van der Waals surface area contributed by atoms with E-state index in [4.69, 9.17) is 20.2 Å². The number of hydrogen-bond acceptors (Lipinski definition) is 8. The standard InChI is InChI=1S/C24H28N8O4/c1-35-15-7-5-14(6-8-15)32-23-19(29-24(32)34)18(20(25)33)28-21(30-23)13-10-16-22(26-11-13)27-12-31(16)17-4-2-3-9-36-17/h10-12,14-15,17H,2-9H2,1H3,(H2,25,33)(H,29,34). The molecule has 3 N–H and O–H groups in total. The van der Waals surface area contributed by atoms with Crippen LogP contribution >= 0.6 is 0 Å². The van der Waals surface area contributed by atoms with Crippen LogP contribution in [-0.2, 0) is 9.47 Å². The number of carbonyl (C=O) groups is 1. The van der Waals surface area contributed by atoms with Gasteiger partial charge in [-0.25, -0.2) is 24.7 Å². The largest absolute Gasteiger partial charge is 0.381 e. The van der Waals surface area contributed by atoms with Crippen molar-refractivity contribution < 1.29 is 14.3 Å². The summed E-state index contributed by atoms with van der Waals surface area (Å²) in [4.78, 5) is 46.2. The second kappa shape index (κ2) is 9.10. The third-order valence-corrected chi connectivity index (χ3v) is 7.30. The van der Waals surface area contributed by atoms with Gasteiger partial charge in [-0.2, -0.15) is 0 Å². The van der Waals surface area contributed by atoms with Gasteiger partial charge >= 0.3 is 5.69 Å². The number of H-pyrrole nitrogens is 1. The normalized spacial score (nSPS) is 22.9. The minimum Gasteiger partial charge on any atom is -0.381 e. The minimum atomic E-state index is -0.741. The fourth-order valence-corrected chi connectivity index (χ4v) is 5.40. The number of nitrogens with zero attached hydrogens (tertiary/aromatic N) is 6. The summed E-state index contributed by atoms with van der Waals surface area (Å²) in [5, 5.41) is 0. The smallest absolute Gasteiger partial charge is 0.327 e. The average molecular weight is 493 g/mol. The minimum absolute atomic E-state index is 0.0272. The maximum Gasteiger partial charge on any atom is 0.327 e. The van der Waals surface area contributed by atoms with Crippen LogP contribution in [0.2, 0.25) is 0 Å². The number of carbonyl (C=O) groups excluding carboxylic acids is 1. The van der Waals surface area contributed by atoms with Crippen molar-refractivity contribution in [1.29, 1.82) is 0 Å². The molecule has 6 rings (SSSR count). The van der Waals surface area contributed by atoms with Gasteiger partial charge in [-0.15, -0.1) is 0 Å². The summed E-state index contributed by atoms with van der Waals surface area (Å²) in [7, 11) is 1.71. The fraction of sp³-hybridized carbons (Fsp3) is 0.500. The number of imidazole rings is 2. The number of fused-ring (bicyclic) bond motifs is 2. The molecule has 36 heavy (non-hydrogen) atoms. The van der Waals surface area contributed by atoms with Crippen LogP contribution in [0, 0.1) is 0 Å². The van der Waals surface area contributed by atoms with Crippen molar-refractivity contribution in [2.75, 3.05) is 13.7 Å². The molecular weight excluding hydrogens is 464 g/mol. The number of nitrogens with one attached hydrogen (secondary N) is 1. The summed E-state index contributed by atoms with van der Waals surface area (Å²) in [6.45, 7) is 0.705. The molecule has 4 aromatic rings. The van der Waals surface area contributed by atoms with Crippen molar-refractivity contribution in [2.45, 2.75) is 63.3 Å². The molecule has 12 nitrogen and oxygen atoms in total. The third kappa shape index (κ3) is 3.86. The summed E-state index contributed by atoms with van der Waals surface area (Å²) in [5.74, 6) is -0.476. The van der Waals surface area contributed by atoms with Crippen molar-refractivity contribution in [2.24, 2.45) is 5.73 Å². The van der Waals surface area contributed by atoms with E-state index in [0.717, 1.165) is 50.5 Å². The van der Waals surface area contributed by atoms with Crippen LogP contribution in [0.1, 0.15) is 67.7 Å². The molecule has 12 heteroatoms. The number of aromatic nitrogens is 7. The van der Waals surface area contributed by atoms with E-state index in [2.05, 4.69) is 19.9 Å². The molecule has 5 heterocycles. The Hall–Kier alpha value is -3.64. The first kappa shape index (κ1) is 22.8. The number of nitrogens with two attached hydrogens (primary N) is 1. The highest BCUT2D eigenvalue weighted by atomic mass is 16.5. The van der Waals surface area contributed by atoms with E-state index in [1.54, 1.807) is 24.2 Å². The van der Waals surface area contributed by atoms with Crippen LogP contribution in [0.15, 0.2) is 23.4 Å². The molecule has 1 aliphatic carbocycles. The number of aromatic amines is 1. The van der Waals surface area contributed by atoms with Crippen LogP contribution in [0.5, 0.6) is 0 Å². The maximum absolute atomic E-state index is 13.0. The zero-order chi connectivity index (χ0) is 24.8. The topological polar surface area (TPSA) is 156 Å². The number of ether oxygens (including phenoxy) is 2. The quantitative estimate of drug-likeness (QED) is 0.430. The van der Waals surface area contributed by atoms with Gasteiger partial charge in [0.2, 0.25) is 0 Å². The lowest BCUT2D eigenvalue weighted by atomic mass is 9.93. The molecule has 1 saturated heterocycles. The molecule has 4 aromatic heterocycles. The molecule has 0 aromatic carbocycles. The van der Waals surface area contributed by atoms with Gasteiger partial charge in [0, 0.05) is 31.5 Å². The van der Waals surface area contributed by atoms with Crippen molar-refractivity contribution in [1.82, 2.24) is 34.1 Å². The molecule has 1 atom stereocenters. The Balaban J connectivity index is 1.47. The summed E-state index contributed by atoms with van der Waals surface area (Å²) in [5.41, 5.74) is 7.88. The van der Waals surface area contributed by atoms with Gasteiger partial charge < -0.3 is 24.8 Å². The summed E-state index contributed by atoms with van der Waals surface area (Å²) in [6.07, 6.45) is 9.66. The highest BCUT2D eigenvalue weighted by Crippen LogP contribution is 2.32. The zero-order valence-corrected chi connectivity index (χ0v) is 20.0. The van der Waals surface area contributed by atoms with Crippen molar-refractivity contribution in [3.63, 3.8) is 0 Å². The van der Waals surface area contributed by atoms with E-state index >= 15 is 0 Å². The molecular formula is C24H28N8O4. The Kier molecular flexibility index (Phi) is 5.76. The van der Waals surface area contributed by atoms with Gasteiger partial charge in [0.25, 0.3) is 5.91 Å². The maximum atomic E-state index is 13.0. The molecule has 1 saturated carbocycles. The Morgan fingerprint density at radius 2 is 2.00 bits per heavy atom. The van der Waals surface area contributed by atoms with Crippen LogP contribution in [0.4, 0.5) is 0 Å². The molecule has 1 amide bonds. The van der Waals surface area contributed by atoms with E-state index in [0.29, 0.717) is 23.5 Å². The molecule has 0 bridgehead atoms. The molecule has 2 aliphatic rings. The first-order chi connectivity index (χ1) is 17.5. The fourth-order valence-electron chi connectivity index (χ4n) is 5.40. The van der Waals surface area contributed by atoms with Crippen LogP contribution < -0.4 is 11.4 Å². The summed E-state index contributed by atoms with van der Waals surface area (Å²) in [6, 6.07) is 1.82. The summed E-state index contributed by atoms with van der Waals surface area (Å²) >= 11 is 0. The third-order valence-electron chi connectivity index (χ3n) is 7.30. The number of amides is 1. The average Bonchev–Trinajstić information content (AvgIpc) is 3.48. The SMILES string of the molecule is COC1CCC(n2c(=O)[nH]c3c(C(N)=O)nc(-c4cnc5ncn(C6CCCCO6)c5c4)nc32)CC1. The lowest BCUT2D eigenvalue weighted by molar-refractivity contribution is -0.0295. The van der Waals surface area contributed by atoms with Gasteiger partial charge in [-0.3, -0.25) is 9.36 Å². The van der Waals surface area contributed by atoms with Gasteiger partial charge in [0.1, 0.15) is 11.7 Å². The van der Waals surface area contributed by atoms with E-state index in [1.165, 1.54) is 0 Å². The molecule has 1 unspecified atom stereocenters. The Bertz CT molecular complexity index is 1490. The molecule has 2 fully saturated rings. The van der Waals surface area contributed by atoms with Gasteiger partial charge in [0.05, 0.1) is 17.9 Å². The Morgan fingerprint density at radius 3 is 2.72 bits per heavy atom. The van der Waals surface area contributed by atoms with E-state index in [9.17, 15) is 9.59 Å². The molecule has 0 spiro atoms. The van der Waals surface area contributed by atoms with Crippen molar-refractivity contribution in [3.8, 4) is 11.4 Å². The molecule has 1 aliphatic heterocycles. The Labute approximate surface area is 205 Å². The predicted octanol–water partition coefficient (Wildman–Crippen LogP) is 2.46. The number of rotatable bonds is 5. The van der Waals surface area contributed by atoms with E-state index in [-0.39, 0.29) is 41.1 Å². The van der Waals surface area contributed by atoms with Gasteiger partial charge in [-0.05, 0) is 51.0 Å². The van der Waals surface area contributed by atoms with Crippen LogP contribution in [0.3, 0.4) is 0 Å². The Morgan fingerprint density at radius 1 is 1.17 bits per heavy atom. The summed E-state index contributed by atoms with van der Waals surface area (Å²) < 4.78 is 15.0. The van der Waals surface area contributed by atoms with Gasteiger partial charge in [0.15, 0.2) is 22.8 Å². The van der Waals surface area contributed by atoms with E-state index < -0.39 is 5.91 Å². The van der Waals surface area contributed by atoms with Crippen molar-refractivity contribution in [3.05, 3.63) is 34.8 Å². The van der Waals surface area contributed by atoms with Crippen LogP contribution in [-0.4, -0.2) is 59.8 Å². The molecule has 0 radical (unpaired) electrons. The number of methoxy groups -OCH3 is 1. The first-order valence-electron chi connectivity index (χ1n) is 12.3. The zero-order valence-electron chi connectivity index (χ0n) is 20.0. The second-order valence-corrected chi connectivity index (χ2v) is 9.46. The lowest BCUT2D eigenvalue weighted by Crippen LogP contribution is -2.28. The number of primary amides is 1. The lowest BCUT2D eigenvalue weighted by Gasteiger charge is -2.28. The molecule has 188 valence electrons. The highest BCUT2D eigenvalue weighted by Gasteiger charge is 2.28. The number of hydrogen-bond donors (Lipinski definition) is 2. The van der Waals surface area contributed by atoms with Gasteiger partial charge in [-0.1, -0.05) is 0 Å². The number of pyridine rings is 1. The van der Waals surface area contributed by atoms with E-state index in [1.807, 2.05) is 10.6 Å².